The molecule has 206 valence electrons. The third-order valence-corrected chi connectivity index (χ3v) is 9.19. The van der Waals surface area contributed by atoms with Crippen LogP contribution in [-0.4, -0.2) is 19.5 Å². The van der Waals surface area contributed by atoms with Gasteiger partial charge in [-0.2, -0.15) is 0 Å². The van der Waals surface area contributed by atoms with E-state index in [4.69, 9.17) is 21.8 Å². The molecule has 3 aromatic heterocycles. The largest absolute Gasteiger partial charge is 0.309 e. The molecule has 4 nitrogen and oxygen atoms in total. The first-order valence-electron chi connectivity index (χ1n) is 16.7. The summed E-state index contributed by atoms with van der Waals surface area (Å²) in [4.78, 5) is 14.5. The Bertz CT molecular complexity index is 2710. The Hall–Kier alpha value is -5.65. The summed E-state index contributed by atoms with van der Waals surface area (Å²) in [5.74, 6) is 0.704. The van der Waals surface area contributed by atoms with Crippen LogP contribution in [0.5, 0.6) is 0 Å². The molecular weight excluding hydrogens is 557 g/mol. The van der Waals surface area contributed by atoms with E-state index < -0.39 is 18.1 Å². The van der Waals surface area contributed by atoms with Gasteiger partial charge in [-0.05, 0) is 48.5 Å². The number of thiophene rings is 1. The van der Waals surface area contributed by atoms with Crippen molar-refractivity contribution < 1.29 is 6.85 Å². The van der Waals surface area contributed by atoms with Crippen molar-refractivity contribution in [2.75, 3.05) is 0 Å². The molecule has 6 aromatic carbocycles. The van der Waals surface area contributed by atoms with Crippen molar-refractivity contribution in [1.29, 1.82) is 0 Å². The molecule has 0 radical (unpaired) electrons. The molecule has 0 bridgehead atoms. The van der Waals surface area contributed by atoms with Crippen LogP contribution in [0.4, 0.5) is 0 Å². The Balaban J connectivity index is 1.26. The molecule has 9 aromatic rings. The van der Waals surface area contributed by atoms with Crippen LogP contribution in [0.15, 0.2) is 145 Å². The van der Waals surface area contributed by atoms with Gasteiger partial charge in [-0.25, -0.2) is 15.0 Å². The van der Waals surface area contributed by atoms with Gasteiger partial charge < -0.3 is 4.57 Å². The summed E-state index contributed by atoms with van der Waals surface area (Å²) in [6.45, 7) is 0. The van der Waals surface area contributed by atoms with Crippen LogP contribution in [0.3, 0.4) is 0 Å². The van der Waals surface area contributed by atoms with Crippen molar-refractivity contribution in [2.45, 2.75) is 0 Å². The highest BCUT2D eigenvalue weighted by atomic mass is 32.1. The minimum absolute atomic E-state index is 0.0154. The van der Waals surface area contributed by atoms with Gasteiger partial charge in [-0.15, -0.1) is 11.3 Å². The highest BCUT2D eigenvalue weighted by Crippen LogP contribution is 2.39. The normalized spacial score (nSPS) is 13.2. The van der Waals surface area contributed by atoms with Crippen molar-refractivity contribution in [3.63, 3.8) is 0 Å². The predicted octanol–water partition coefficient (Wildman–Crippen LogP) is 10.3. The van der Waals surface area contributed by atoms with Crippen molar-refractivity contribution in [3.05, 3.63) is 145 Å². The van der Waals surface area contributed by atoms with Crippen molar-refractivity contribution in [3.8, 4) is 39.9 Å². The molecule has 0 aliphatic rings. The number of hydrogen-bond acceptors (Lipinski definition) is 4. The van der Waals surface area contributed by atoms with Crippen LogP contribution in [0.1, 0.15) is 6.85 Å². The van der Waals surface area contributed by atoms with E-state index in [1.165, 1.54) is 10.8 Å². The lowest BCUT2D eigenvalue weighted by molar-refractivity contribution is 1.08. The van der Waals surface area contributed by atoms with E-state index in [-0.39, 0.29) is 23.5 Å². The zero-order chi connectivity index (χ0) is 33.4. The third kappa shape index (κ3) is 3.94. The van der Waals surface area contributed by atoms with Gasteiger partial charge in [0.2, 0.25) is 0 Å². The molecule has 0 aliphatic carbocycles. The standard InChI is InChI=1S/C39H24N4S/c1-2-11-25(12-3-1)37-40-38(42-39(41-37)32-17-10-16-31-30-15-6-9-20-35(30)44-36(31)32)26-21-23-27(24-22-26)43-33-18-7-4-13-28(33)29-14-5-8-19-34(29)43/h1-24H/i1D,2D,3D,11D,12D. The molecule has 0 aliphatic heterocycles. The molecule has 0 saturated carbocycles. The highest BCUT2D eigenvalue weighted by molar-refractivity contribution is 7.26. The third-order valence-electron chi connectivity index (χ3n) is 7.97. The van der Waals surface area contributed by atoms with Crippen LogP contribution < -0.4 is 0 Å². The van der Waals surface area contributed by atoms with E-state index in [0.29, 0.717) is 17.2 Å². The lowest BCUT2D eigenvalue weighted by Gasteiger charge is -2.11. The second-order valence-corrected chi connectivity index (χ2v) is 11.6. The minimum atomic E-state index is -0.469. The summed E-state index contributed by atoms with van der Waals surface area (Å²) >= 11 is 1.64. The first-order chi connectivity index (χ1) is 23.9. The molecule has 0 unspecified atom stereocenters. The second kappa shape index (κ2) is 9.97. The summed E-state index contributed by atoms with van der Waals surface area (Å²) in [5, 5.41) is 4.54. The number of fused-ring (bicyclic) bond motifs is 6. The van der Waals surface area contributed by atoms with Gasteiger partial charge in [-0.3, -0.25) is 0 Å². The fourth-order valence-corrected chi connectivity index (χ4v) is 7.19. The van der Waals surface area contributed by atoms with E-state index >= 15 is 0 Å². The van der Waals surface area contributed by atoms with Crippen molar-refractivity contribution in [1.82, 2.24) is 19.5 Å². The van der Waals surface area contributed by atoms with Crippen molar-refractivity contribution in [2.24, 2.45) is 0 Å². The molecule has 3 heterocycles. The quantitative estimate of drug-likeness (QED) is 0.206. The molecular formula is C39H24N4S. The van der Waals surface area contributed by atoms with E-state index in [2.05, 4.69) is 47.0 Å². The van der Waals surface area contributed by atoms with Crippen LogP contribution >= 0.6 is 11.3 Å². The lowest BCUT2D eigenvalue weighted by Crippen LogP contribution is -2.00. The first kappa shape index (κ1) is 20.3. The maximum Gasteiger partial charge on any atom is 0.165 e. The second-order valence-electron chi connectivity index (χ2n) is 10.5. The Morgan fingerprint density at radius 1 is 0.500 bits per heavy atom. The number of para-hydroxylation sites is 2. The Morgan fingerprint density at radius 2 is 1.09 bits per heavy atom. The lowest BCUT2D eigenvalue weighted by atomic mass is 10.1. The summed E-state index contributed by atoms with van der Waals surface area (Å²) in [7, 11) is 0. The fraction of sp³-hybridized carbons (Fsp3) is 0. The Morgan fingerprint density at radius 3 is 1.82 bits per heavy atom. The van der Waals surface area contributed by atoms with Crippen molar-refractivity contribution >= 4 is 53.3 Å². The molecule has 0 atom stereocenters. The number of hydrogen-bond donors (Lipinski definition) is 0. The minimum Gasteiger partial charge on any atom is -0.309 e. The fourth-order valence-electron chi connectivity index (χ4n) is 5.98. The van der Waals surface area contributed by atoms with Gasteiger partial charge in [0.1, 0.15) is 0 Å². The van der Waals surface area contributed by atoms with E-state index in [9.17, 15) is 0 Å². The van der Waals surface area contributed by atoms with E-state index in [1.54, 1.807) is 11.3 Å². The summed E-state index contributed by atoms with van der Waals surface area (Å²) in [6, 6.07) is 36.7. The summed E-state index contributed by atoms with van der Waals surface area (Å²) in [6.07, 6.45) is 0. The summed E-state index contributed by atoms with van der Waals surface area (Å²) in [5.41, 5.74) is 4.57. The van der Waals surface area contributed by atoms with E-state index in [0.717, 1.165) is 42.5 Å². The molecule has 5 heteroatoms. The van der Waals surface area contributed by atoms with Gasteiger partial charge >= 0.3 is 0 Å². The maximum absolute atomic E-state index is 8.69. The molecule has 0 spiro atoms. The summed E-state index contributed by atoms with van der Waals surface area (Å²) < 4.78 is 46.5. The number of benzene rings is 6. The topological polar surface area (TPSA) is 43.6 Å². The zero-order valence-electron chi connectivity index (χ0n) is 28.2. The monoisotopic (exact) mass is 585 g/mol. The Kier molecular flexibility index (Phi) is 4.60. The zero-order valence-corrected chi connectivity index (χ0v) is 24.0. The molecule has 0 amide bonds. The average molecular weight is 586 g/mol. The SMILES string of the molecule is [2H]c1c([2H])c([2H])c(-c2nc(-c3ccc(-n4c5ccccc5c5ccccc54)cc3)nc(-c3cccc4c3sc3ccccc34)n2)c([2H])c1[2H]. The van der Waals surface area contributed by atoms with E-state index in [1.807, 2.05) is 72.8 Å². The van der Waals surface area contributed by atoms with Gasteiger partial charge in [-0.1, -0.05) is 96.9 Å². The van der Waals surface area contributed by atoms with Gasteiger partial charge in [0, 0.05) is 53.3 Å². The molecule has 0 saturated heterocycles. The van der Waals surface area contributed by atoms with Gasteiger partial charge in [0.15, 0.2) is 17.5 Å². The molecule has 44 heavy (non-hydrogen) atoms. The highest BCUT2D eigenvalue weighted by Gasteiger charge is 2.17. The van der Waals surface area contributed by atoms with Crippen LogP contribution in [0.25, 0.3) is 81.8 Å². The Labute approximate surface area is 264 Å². The average Bonchev–Trinajstić information content (AvgIpc) is 3.69. The number of nitrogens with zero attached hydrogens (tertiary/aromatic N) is 4. The molecule has 9 rings (SSSR count). The molecule has 0 N–H and O–H groups in total. The predicted molar refractivity (Wildman–Crippen MR) is 183 cm³/mol. The maximum atomic E-state index is 8.69. The number of aromatic nitrogens is 4. The van der Waals surface area contributed by atoms with Gasteiger partial charge in [0.05, 0.1) is 17.9 Å². The smallest absolute Gasteiger partial charge is 0.165 e. The first-order valence-corrected chi connectivity index (χ1v) is 15.0. The molecule has 0 fully saturated rings. The van der Waals surface area contributed by atoms with Crippen LogP contribution in [0, 0.1) is 0 Å². The van der Waals surface area contributed by atoms with Gasteiger partial charge in [0.25, 0.3) is 0 Å². The van der Waals surface area contributed by atoms with Crippen LogP contribution in [0.2, 0.25) is 0 Å². The number of rotatable bonds is 4. The van der Waals surface area contributed by atoms with Crippen LogP contribution in [-0.2, 0) is 0 Å².